The fourth-order valence-corrected chi connectivity index (χ4v) is 2.75. The fraction of sp³-hybridized carbons (Fsp3) is 0.227. The van der Waals surface area contributed by atoms with Crippen LogP contribution in [0, 0.1) is 0 Å². The highest BCUT2D eigenvalue weighted by Crippen LogP contribution is 2.24. The SMILES string of the molecule is COCCCNC(=O)c1cnc(N(Cc2ccccc2)c2ccccc2)nc1. The average Bonchev–Trinajstić information content (AvgIpc) is 2.76. The summed E-state index contributed by atoms with van der Waals surface area (Å²) in [6.45, 7) is 1.80. The van der Waals surface area contributed by atoms with E-state index in [0.29, 0.717) is 31.2 Å². The van der Waals surface area contributed by atoms with Gasteiger partial charge in [-0.05, 0) is 24.1 Å². The van der Waals surface area contributed by atoms with Crippen molar-refractivity contribution in [3.63, 3.8) is 0 Å². The summed E-state index contributed by atoms with van der Waals surface area (Å²) in [5.41, 5.74) is 2.58. The van der Waals surface area contributed by atoms with Crippen molar-refractivity contribution >= 4 is 17.5 Å². The van der Waals surface area contributed by atoms with Gasteiger partial charge < -0.3 is 15.0 Å². The third-order valence-electron chi connectivity index (χ3n) is 4.20. The molecule has 144 valence electrons. The third-order valence-corrected chi connectivity index (χ3v) is 4.20. The van der Waals surface area contributed by atoms with Crippen LogP contribution in [0.4, 0.5) is 11.6 Å². The largest absolute Gasteiger partial charge is 0.385 e. The number of anilines is 2. The van der Waals surface area contributed by atoms with E-state index in [1.807, 2.05) is 53.4 Å². The number of benzene rings is 2. The molecular formula is C22H24N4O2. The first-order chi connectivity index (χ1) is 13.8. The van der Waals surface area contributed by atoms with Crippen molar-refractivity contribution in [2.24, 2.45) is 0 Å². The van der Waals surface area contributed by atoms with E-state index in [1.165, 1.54) is 0 Å². The smallest absolute Gasteiger partial charge is 0.254 e. The molecule has 6 nitrogen and oxygen atoms in total. The van der Waals surface area contributed by atoms with Gasteiger partial charge in [-0.2, -0.15) is 0 Å². The van der Waals surface area contributed by atoms with Crippen molar-refractivity contribution in [2.75, 3.05) is 25.2 Å². The molecule has 0 saturated carbocycles. The number of para-hydroxylation sites is 1. The van der Waals surface area contributed by atoms with E-state index in [1.54, 1.807) is 19.5 Å². The van der Waals surface area contributed by atoms with Crippen LogP contribution in [0.25, 0.3) is 0 Å². The molecule has 1 heterocycles. The summed E-state index contributed by atoms with van der Waals surface area (Å²) < 4.78 is 4.98. The molecule has 1 amide bonds. The number of aromatic nitrogens is 2. The van der Waals surface area contributed by atoms with Crippen molar-refractivity contribution in [1.82, 2.24) is 15.3 Å². The summed E-state index contributed by atoms with van der Waals surface area (Å²) in [6.07, 6.45) is 3.89. The summed E-state index contributed by atoms with van der Waals surface area (Å²) in [5, 5.41) is 2.84. The number of hydrogen-bond acceptors (Lipinski definition) is 5. The van der Waals surface area contributed by atoms with Crippen LogP contribution in [0.2, 0.25) is 0 Å². The lowest BCUT2D eigenvalue weighted by Crippen LogP contribution is -2.26. The highest BCUT2D eigenvalue weighted by molar-refractivity contribution is 5.93. The lowest BCUT2D eigenvalue weighted by Gasteiger charge is -2.23. The monoisotopic (exact) mass is 376 g/mol. The second kappa shape index (κ2) is 10.2. The van der Waals surface area contributed by atoms with E-state index >= 15 is 0 Å². The average molecular weight is 376 g/mol. The van der Waals surface area contributed by atoms with Gasteiger partial charge in [0, 0.05) is 38.3 Å². The van der Waals surface area contributed by atoms with Gasteiger partial charge in [0.25, 0.3) is 5.91 Å². The molecule has 0 aliphatic rings. The Kier molecular flexibility index (Phi) is 7.09. The van der Waals surface area contributed by atoms with Gasteiger partial charge in [0.15, 0.2) is 0 Å². The molecule has 28 heavy (non-hydrogen) atoms. The summed E-state index contributed by atoms with van der Waals surface area (Å²) in [6, 6.07) is 20.1. The molecule has 2 aromatic carbocycles. The zero-order valence-corrected chi connectivity index (χ0v) is 15.9. The minimum absolute atomic E-state index is 0.183. The highest BCUT2D eigenvalue weighted by atomic mass is 16.5. The van der Waals surface area contributed by atoms with Gasteiger partial charge >= 0.3 is 0 Å². The standard InChI is InChI=1S/C22H24N4O2/c1-28-14-8-13-23-21(27)19-15-24-22(25-16-19)26(20-11-6-3-7-12-20)17-18-9-4-2-5-10-18/h2-7,9-12,15-16H,8,13-14,17H2,1H3,(H,23,27). The van der Waals surface area contributed by atoms with Crippen molar-refractivity contribution < 1.29 is 9.53 Å². The molecule has 0 saturated heterocycles. The normalized spacial score (nSPS) is 10.5. The first-order valence-electron chi connectivity index (χ1n) is 9.23. The van der Waals surface area contributed by atoms with Crippen LogP contribution >= 0.6 is 0 Å². The molecule has 1 N–H and O–H groups in total. The van der Waals surface area contributed by atoms with E-state index in [9.17, 15) is 4.79 Å². The minimum Gasteiger partial charge on any atom is -0.385 e. The van der Waals surface area contributed by atoms with Gasteiger partial charge in [-0.3, -0.25) is 4.79 Å². The molecule has 1 aromatic heterocycles. The molecule has 0 atom stereocenters. The maximum absolute atomic E-state index is 12.2. The molecule has 0 spiro atoms. The molecule has 0 aliphatic heterocycles. The van der Waals surface area contributed by atoms with Crippen LogP contribution < -0.4 is 10.2 Å². The Hall–Kier alpha value is -3.25. The van der Waals surface area contributed by atoms with E-state index < -0.39 is 0 Å². The molecule has 0 radical (unpaired) electrons. The number of nitrogens with one attached hydrogen (secondary N) is 1. The van der Waals surface area contributed by atoms with Gasteiger partial charge in [-0.25, -0.2) is 9.97 Å². The number of amides is 1. The van der Waals surface area contributed by atoms with Gasteiger partial charge in [-0.15, -0.1) is 0 Å². The molecule has 0 unspecified atom stereocenters. The molecular weight excluding hydrogens is 352 g/mol. The Morgan fingerprint density at radius 2 is 1.64 bits per heavy atom. The molecule has 3 aromatic rings. The van der Waals surface area contributed by atoms with E-state index in [-0.39, 0.29) is 5.91 Å². The lowest BCUT2D eigenvalue weighted by atomic mass is 10.2. The zero-order valence-electron chi connectivity index (χ0n) is 15.9. The number of carbonyl (C=O) groups excluding carboxylic acids is 1. The van der Waals surface area contributed by atoms with Crippen LogP contribution in [-0.2, 0) is 11.3 Å². The van der Waals surface area contributed by atoms with Gasteiger partial charge in [0.2, 0.25) is 5.95 Å². The van der Waals surface area contributed by atoms with Crippen LogP contribution in [0.1, 0.15) is 22.3 Å². The summed E-state index contributed by atoms with van der Waals surface area (Å²) >= 11 is 0. The highest BCUT2D eigenvalue weighted by Gasteiger charge is 2.14. The number of rotatable bonds is 9. The van der Waals surface area contributed by atoms with Gasteiger partial charge in [0.05, 0.1) is 12.1 Å². The van der Waals surface area contributed by atoms with E-state index in [2.05, 4.69) is 27.4 Å². The number of nitrogens with zero attached hydrogens (tertiary/aromatic N) is 3. The second-order valence-electron chi connectivity index (χ2n) is 6.28. The van der Waals surface area contributed by atoms with Crippen LogP contribution in [0.5, 0.6) is 0 Å². The molecule has 0 bridgehead atoms. The minimum atomic E-state index is -0.183. The first kappa shape index (κ1) is 19.5. The summed E-state index contributed by atoms with van der Waals surface area (Å²) in [4.78, 5) is 23.1. The Morgan fingerprint density at radius 1 is 1.00 bits per heavy atom. The maximum Gasteiger partial charge on any atom is 0.254 e. The van der Waals surface area contributed by atoms with E-state index in [0.717, 1.165) is 17.7 Å². The van der Waals surface area contributed by atoms with Gasteiger partial charge in [0.1, 0.15) is 0 Å². The predicted octanol–water partition coefficient (Wildman–Crippen LogP) is 3.58. The first-order valence-corrected chi connectivity index (χ1v) is 9.23. The van der Waals surface area contributed by atoms with Crippen molar-refractivity contribution in [1.29, 1.82) is 0 Å². The number of hydrogen-bond donors (Lipinski definition) is 1. The predicted molar refractivity (Wildman–Crippen MR) is 110 cm³/mol. The summed E-state index contributed by atoms with van der Waals surface area (Å²) in [5.74, 6) is 0.364. The Balaban J connectivity index is 1.76. The quantitative estimate of drug-likeness (QED) is 0.578. The van der Waals surface area contributed by atoms with Crippen LogP contribution in [0.3, 0.4) is 0 Å². The third kappa shape index (κ3) is 5.37. The van der Waals surface area contributed by atoms with Crippen molar-refractivity contribution in [3.8, 4) is 0 Å². The lowest BCUT2D eigenvalue weighted by molar-refractivity contribution is 0.0948. The maximum atomic E-state index is 12.2. The van der Waals surface area contributed by atoms with Crippen LogP contribution in [0.15, 0.2) is 73.1 Å². The Morgan fingerprint density at radius 3 is 2.29 bits per heavy atom. The topological polar surface area (TPSA) is 67.3 Å². The van der Waals surface area contributed by atoms with Crippen molar-refractivity contribution in [3.05, 3.63) is 84.2 Å². The number of methoxy groups -OCH3 is 1. The van der Waals surface area contributed by atoms with Crippen LogP contribution in [-0.4, -0.2) is 36.1 Å². The second-order valence-corrected chi connectivity index (χ2v) is 6.28. The fourth-order valence-electron chi connectivity index (χ4n) is 2.75. The Labute approximate surface area is 165 Å². The van der Waals surface area contributed by atoms with Crippen molar-refractivity contribution in [2.45, 2.75) is 13.0 Å². The zero-order chi connectivity index (χ0) is 19.6. The van der Waals surface area contributed by atoms with E-state index in [4.69, 9.17) is 4.74 Å². The molecule has 0 fully saturated rings. The summed E-state index contributed by atoms with van der Waals surface area (Å²) in [7, 11) is 1.64. The van der Waals surface area contributed by atoms with Gasteiger partial charge in [-0.1, -0.05) is 48.5 Å². The molecule has 3 rings (SSSR count). The molecule has 6 heteroatoms. The number of carbonyl (C=O) groups is 1. The Bertz CT molecular complexity index is 855. The molecule has 0 aliphatic carbocycles. The number of ether oxygens (including phenoxy) is 1.